The van der Waals surface area contributed by atoms with Crippen molar-refractivity contribution in [2.45, 2.75) is 22.8 Å². The normalized spacial score (nSPS) is 23.3. The Balaban J connectivity index is 2.44. The summed E-state index contributed by atoms with van der Waals surface area (Å²) in [5.41, 5.74) is -0.563. The first-order valence-corrected chi connectivity index (χ1v) is 8.14. The first kappa shape index (κ1) is 16.1. The summed E-state index contributed by atoms with van der Waals surface area (Å²) in [4.78, 5) is 20.9. The van der Waals surface area contributed by atoms with Crippen molar-refractivity contribution >= 4 is 44.6 Å². The van der Waals surface area contributed by atoms with Crippen LogP contribution in [0.5, 0.6) is 0 Å². The Morgan fingerprint density at radius 1 is 1.57 bits per heavy atom. The molecular weight excluding hydrogens is 348 g/mol. The lowest BCUT2D eigenvalue weighted by molar-refractivity contribution is -0.384. The number of aliphatic carboxylic acids is 1. The van der Waals surface area contributed by atoms with E-state index in [1.54, 1.807) is 0 Å². The summed E-state index contributed by atoms with van der Waals surface area (Å²) < 4.78 is 24.6. The first-order chi connectivity index (χ1) is 9.64. The first-order valence-electron chi connectivity index (χ1n) is 5.51. The minimum Gasteiger partial charge on any atom is -0.480 e. The number of halogens is 1. The van der Waals surface area contributed by atoms with Crippen molar-refractivity contribution in [1.82, 2.24) is 4.31 Å². The standard InChI is InChI=1S/C9H9ClN2O7S2/c10-8-5(12(16)17)2-7(20-8)21(18,19)11-3-4(13)1-6(11)9(14)15/h2,4,6,13H,1,3H2,(H,14,15)/t4-,6-/m0/s1. The lowest BCUT2D eigenvalue weighted by Gasteiger charge is -2.19. The monoisotopic (exact) mass is 356 g/mol. The maximum atomic E-state index is 12.4. The number of hydrogen-bond acceptors (Lipinski definition) is 7. The van der Waals surface area contributed by atoms with Gasteiger partial charge in [0.1, 0.15) is 10.3 Å². The number of aliphatic hydroxyl groups excluding tert-OH is 1. The number of carboxylic acid groups (broad SMARTS) is 1. The fraction of sp³-hybridized carbons (Fsp3) is 0.444. The highest BCUT2D eigenvalue weighted by molar-refractivity contribution is 7.91. The Morgan fingerprint density at radius 2 is 2.19 bits per heavy atom. The summed E-state index contributed by atoms with van der Waals surface area (Å²) in [5.74, 6) is -1.40. The Labute approximate surface area is 127 Å². The van der Waals surface area contributed by atoms with Crippen LogP contribution in [0.15, 0.2) is 10.3 Å². The quantitative estimate of drug-likeness (QED) is 0.592. The number of thiophene rings is 1. The second-order valence-corrected chi connectivity index (χ2v) is 8.07. The summed E-state index contributed by atoms with van der Waals surface area (Å²) in [5, 5.41) is 29.2. The SMILES string of the molecule is O=C(O)[C@@H]1C[C@H](O)CN1S(=O)(=O)c1cc([N+](=O)[O-])c(Cl)s1. The van der Waals surface area contributed by atoms with Gasteiger partial charge in [0.15, 0.2) is 4.34 Å². The molecule has 21 heavy (non-hydrogen) atoms. The van der Waals surface area contributed by atoms with Crippen LogP contribution in [0.4, 0.5) is 5.69 Å². The average Bonchev–Trinajstić information content (AvgIpc) is 2.93. The number of hydrogen-bond donors (Lipinski definition) is 2. The van der Waals surface area contributed by atoms with Crippen LogP contribution in [-0.4, -0.2) is 52.5 Å². The van der Waals surface area contributed by atoms with Crippen LogP contribution in [0.25, 0.3) is 0 Å². The molecule has 2 N–H and O–H groups in total. The van der Waals surface area contributed by atoms with Crippen molar-refractivity contribution in [3.05, 3.63) is 20.5 Å². The highest BCUT2D eigenvalue weighted by Crippen LogP contribution is 2.39. The number of β-amino-alcohol motifs (C(OH)–C–C–N with tert-alkyl or cyclic N) is 1. The average molecular weight is 357 g/mol. The molecule has 2 atom stereocenters. The van der Waals surface area contributed by atoms with Crippen molar-refractivity contribution in [1.29, 1.82) is 0 Å². The van der Waals surface area contributed by atoms with Gasteiger partial charge in [-0.3, -0.25) is 14.9 Å². The molecule has 116 valence electrons. The van der Waals surface area contributed by atoms with E-state index in [4.69, 9.17) is 16.7 Å². The van der Waals surface area contributed by atoms with E-state index in [1.807, 2.05) is 0 Å². The van der Waals surface area contributed by atoms with Gasteiger partial charge >= 0.3 is 5.97 Å². The van der Waals surface area contributed by atoms with E-state index in [1.165, 1.54) is 0 Å². The summed E-state index contributed by atoms with van der Waals surface area (Å²) in [6, 6.07) is -0.628. The fourth-order valence-electron chi connectivity index (χ4n) is 1.98. The molecule has 0 unspecified atom stereocenters. The summed E-state index contributed by atoms with van der Waals surface area (Å²) in [6.45, 7) is -0.386. The van der Waals surface area contributed by atoms with E-state index in [9.17, 15) is 28.4 Å². The molecule has 0 saturated carbocycles. The van der Waals surface area contributed by atoms with E-state index in [2.05, 4.69) is 0 Å². The number of rotatable bonds is 4. The highest BCUT2D eigenvalue weighted by Gasteiger charge is 2.44. The molecule has 2 rings (SSSR count). The summed E-state index contributed by atoms with van der Waals surface area (Å²) >= 11 is 6.08. The van der Waals surface area contributed by atoms with Crippen molar-refractivity contribution in [3.63, 3.8) is 0 Å². The predicted molar refractivity (Wildman–Crippen MR) is 71.9 cm³/mol. The fourth-order valence-corrected chi connectivity index (χ4v) is 5.41. The van der Waals surface area contributed by atoms with Gasteiger partial charge in [0.25, 0.3) is 15.7 Å². The number of sulfonamides is 1. The molecule has 1 aromatic heterocycles. The van der Waals surface area contributed by atoms with Crippen molar-refractivity contribution in [3.8, 4) is 0 Å². The zero-order chi connectivity index (χ0) is 15.9. The lowest BCUT2D eigenvalue weighted by atomic mass is 10.2. The van der Waals surface area contributed by atoms with Crippen LogP contribution < -0.4 is 0 Å². The maximum Gasteiger partial charge on any atom is 0.322 e. The molecule has 0 spiro atoms. The van der Waals surface area contributed by atoms with Crippen LogP contribution >= 0.6 is 22.9 Å². The van der Waals surface area contributed by atoms with Crippen LogP contribution in [0.1, 0.15) is 6.42 Å². The predicted octanol–water partition coefficient (Wildman–Crippen LogP) is 0.518. The molecule has 1 aromatic rings. The van der Waals surface area contributed by atoms with Crippen molar-refractivity contribution in [2.75, 3.05) is 6.54 Å². The molecule has 0 bridgehead atoms. The number of nitrogens with zero attached hydrogens (tertiary/aromatic N) is 2. The van der Waals surface area contributed by atoms with Crippen LogP contribution in [0, 0.1) is 10.1 Å². The van der Waals surface area contributed by atoms with E-state index < -0.39 is 43.0 Å². The smallest absolute Gasteiger partial charge is 0.322 e. The molecule has 0 amide bonds. The maximum absolute atomic E-state index is 12.4. The van der Waals surface area contributed by atoms with Crippen LogP contribution in [0.3, 0.4) is 0 Å². The molecule has 0 radical (unpaired) electrons. The lowest BCUT2D eigenvalue weighted by Crippen LogP contribution is -2.40. The number of carboxylic acids is 1. The van der Waals surface area contributed by atoms with Gasteiger partial charge in [-0.15, -0.1) is 11.3 Å². The molecular formula is C9H9ClN2O7S2. The third-order valence-corrected chi connectivity index (χ3v) is 6.59. The summed E-state index contributed by atoms with van der Waals surface area (Å²) in [7, 11) is -4.28. The minimum atomic E-state index is -4.28. The van der Waals surface area contributed by atoms with Crippen LogP contribution in [-0.2, 0) is 14.8 Å². The van der Waals surface area contributed by atoms with Gasteiger partial charge in [-0.05, 0) is 0 Å². The molecule has 0 aromatic carbocycles. The molecule has 12 heteroatoms. The zero-order valence-electron chi connectivity index (χ0n) is 10.2. The molecule has 1 aliphatic heterocycles. The van der Waals surface area contributed by atoms with Gasteiger partial charge in [0, 0.05) is 19.0 Å². The zero-order valence-corrected chi connectivity index (χ0v) is 12.6. The topological polar surface area (TPSA) is 138 Å². The second-order valence-electron chi connectivity index (χ2n) is 4.30. The Bertz CT molecular complexity index is 701. The third-order valence-electron chi connectivity index (χ3n) is 2.92. The second kappa shape index (κ2) is 5.50. The van der Waals surface area contributed by atoms with Gasteiger partial charge in [-0.25, -0.2) is 8.42 Å². The molecule has 1 aliphatic rings. The minimum absolute atomic E-state index is 0.240. The molecule has 1 fully saturated rings. The van der Waals surface area contributed by atoms with Crippen LogP contribution in [0.2, 0.25) is 4.34 Å². The Kier molecular flexibility index (Phi) is 4.22. The van der Waals surface area contributed by atoms with Crippen molar-refractivity contribution in [2.24, 2.45) is 0 Å². The largest absolute Gasteiger partial charge is 0.480 e. The molecule has 1 saturated heterocycles. The molecule has 2 heterocycles. The number of aliphatic hydroxyl groups is 1. The van der Waals surface area contributed by atoms with E-state index >= 15 is 0 Å². The molecule has 0 aliphatic carbocycles. The van der Waals surface area contributed by atoms with Gasteiger partial charge in [0.2, 0.25) is 0 Å². The Morgan fingerprint density at radius 3 is 2.67 bits per heavy atom. The van der Waals surface area contributed by atoms with Gasteiger partial charge in [0.05, 0.1) is 11.0 Å². The van der Waals surface area contributed by atoms with Crippen molar-refractivity contribution < 1.29 is 28.3 Å². The van der Waals surface area contributed by atoms with Gasteiger partial charge in [-0.1, -0.05) is 11.6 Å². The third kappa shape index (κ3) is 2.87. The highest BCUT2D eigenvalue weighted by atomic mass is 35.5. The van der Waals surface area contributed by atoms with E-state index in [0.717, 1.165) is 6.07 Å². The van der Waals surface area contributed by atoms with E-state index in [0.29, 0.717) is 15.6 Å². The number of nitro groups is 1. The number of carbonyl (C=O) groups is 1. The van der Waals surface area contributed by atoms with Gasteiger partial charge in [-0.2, -0.15) is 4.31 Å². The summed E-state index contributed by atoms with van der Waals surface area (Å²) in [6.07, 6.45) is -1.35. The Hall–Kier alpha value is -1.27. The van der Waals surface area contributed by atoms with E-state index in [-0.39, 0.29) is 17.3 Å². The molecule has 9 nitrogen and oxygen atoms in total. The van der Waals surface area contributed by atoms with Gasteiger partial charge < -0.3 is 10.2 Å².